The number of amides is 1. The summed E-state index contributed by atoms with van der Waals surface area (Å²) in [6.45, 7) is 4.06. The first-order valence-electron chi connectivity index (χ1n) is 5.21. The van der Waals surface area contributed by atoms with Gasteiger partial charge in [-0.15, -0.1) is 0 Å². The first-order valence-corrected chi connectivity index (χ1v) is 6.13. The molecule has 2 nitrogen and oxygen atoms in total. The minimum absolute atomic E-state index is 0.0263. The van der Waals surface area contributed by atoms with E-state index >= 15 is 0 Å². The quantitative estimate of drug-likeness (QED) is 0.835. The summed E-state index contributed by atoms with van der Waals surface area (Å²) in [6.07, 6.45) is 1.72. The number of nitrogens with one attached hydrogen (secondary N) is 1. The molecule has 1 aromatic rings. The van der Waals surface area contributed by atoms with Crippen LogP contribution in [0.3, 0.4) is 0 Å². The smallest absolute Gasteiger partial charge is 0.238 e. The molecular formula is C12H16BrNO. The lowest BCUT2D eigenvalue weighted by Crippen LogP contribution is -2.22. The average molecular weight is 270 g/mol. The standard InChI is InChI=1S/C12H16BrNO/c1-3-9-7-5-6-8-11(9)14-12(15)10(13)4-2/h5-8,10H,3-4H2,1-2H3,(H,14,15). The van der Waals surface area contributed by atoms with Gasteiger partial charge >= 0.3 is 0 Å². The Morgan fingerprint density at radius 1 is 1.40 bits per heavy atom. The van der Waals surface area contributed by atoms with Gasteiger partial charge < -0.3 is 5.32 Å². The van der Waals surface area contributed by atoms with Crippen molar-refractivity contribution in [2.75, 3.05) is 5.32 Å². The number of anilines is 1. The second-order valence-corrected chi connectivity index (χ2v) is 4.48. The lowest BCUT2D eigenvalue weighted by molar-refractivity contribution is -0.115. The van der Waals surface area contributed by atoms with Crippen LogP contribution in [0.1, 0.15) is 25.8 Å². The van der Waals surface area contributed by atoms with Gasteiger partial charge in [0, 0.05) is 5.69 Å². The van der Waals surface area contributed by atoms with Crippen LogP contribution >= 0.6 is 15.9 Å². The van der Waals surface area contributed by atoms with Crippen molar-refractivity contribution in [2.24, 2.45) is 0 Å². The van der Waals surface area contributed by atoms with E-state index in [1.165, 1.54) is 5.56 Å². The molecule has 1 unspecified atom stereocenters. The van der Waals surface area contributed by atoms with E-state index in [2.05, 4.69) is 28.2 Å². The number of hydrogen-bond donors (Lipinski definition) is 1. The maximum atomic E-state index is 11.7. The van der Waals surface area contributed by atoms with E-state index in [9.17, 15) is 4.79 Å². The molecule has 3 heteroatoms. The summed E-state index contributed by atoms with van der Waals surface area (Å²) in [4.78, 5) is 11.5. The van der Waals surface area contributed by atoms with Crippen LogP contribution in [0.2, 0.25) is 0 Å². The van der Waals surface area contributed by atoms with E-state index in [4.69, 9.17) is 0 Å². The number of benzene rings is 1. The largest absolute Gasteiger partial charge is 0.325 e. The fraction of sp³-hybridized carbons (Fsp3) is 0.417. The van der Waals surface area contributed by atoms with Crippen LogP contribution in [-0.4, -0.2) is 10.7 Å². The molecule has 0 fully saturated rings. The number of hydrogen-bond acceptors (Lipinski definition) is 1. The van der Waals surface area contributed by atoms with Gasteiger partial charge in [0.05, 0.1) is 4.83 Å². The van der Waals surface area contributed by atoms with Gasteiger partial charge in [0.2, 0.25) is 5.91 Å². The molecule has 0 aliphatic heterocycles. The van der Waals surface area contributed by atoms with Crippen LogP contribution in [-0.2, 0) is 11.2 Å². The molecule has 0 aromatic heterocycles. The summed E-state index contributed by atoms with van der Waals surface area (Å²) in [5.41, 5.74) is 2.09. The Kier molecular flexibility index (Phi) is 4.82. The molecule has 1 N–H and O–H groups in total. The molecule has 0 spiro atoms. The van der Waals surface area contributed by atoms with Crippen LogP contribution in [0.15, 0.2) is 24.3 Å². The second-order valence-electron chi connectivity index (χ2n) is 3.38. The Morgan fingerprint density at radius 3 is 2.67 bits per heavy atom. The van der Waals surface area contributed by atoms with Gasteiger partial charge in [0.15, 0.2) is 0 Å². The molecule has 15 heavy (non-hydrogen) atoms. The third-order valence-electron chi connectivity index (χ3n) is 2.30. The third kappa shape index (κ3) is 3.34. The van der Waals surface area contributed by atoms with Gasteiger partial charge in [0.1, 0.15) is 0 Å². The number of alkyl halides is 1. The minimum Gasteiger partial charge on any atom is -0.325 e. The van der Waals surface area contributed by atoms with Crippen molar-refractivity contribution in [2.45, 2.75) is 31.5 Å². The van der Waals surface area contributed by atoms with Crippen molar-refractivity contribution in [1.29, 1.82) is 0 Å². The van der Waals surface area contributed by atoms with Crippen molar-refractivity contribution in [1.82, 2.24) is 0 Å². The van der Waals surface area contributed by atoms with Crippen LogP contribution in [0.5, 0.6) is 0 Å². The van der Waals surface area contributed by atoms with Gasteiger partial charge in [-0.25, -0.2) is 0 Å². The highest BCUT2D eigenvalue weighted by atomic mass is 79.9. The molecule has 0 radical (unpaired) electrons. The van der Waals surface area contributed by atoms with Gasteiger partial charge in [-0.2, -0.15) is 0 Å². The fourth-order valence-electron chi connectivity index (χ4n) is 1.35. The Balaban J connectivity index is 2.76. The topological polar surface area (TPSA) is 29.1 Å². The summed E-state index contributed by atoms with van der Waals surface area (Å²) >= 11 is 3.33. The number of carbonyl (C=O) groups is 1. The zero-order valence-electron chi connectivity index (χ0n) is 9.09. The summed E-state index contributed by atoms with van der Waals surface area (Å²) in [7, 11) is 0. The second kappa shape index (κ2) is 5.91. The molecular weight excluding hydrogens is 254 g/mol. The van der Waals surface area contributed by atoms with E-state index in [1.807, 2.05) is 31.2 Å². The van der Waals surface area contributed by atoms with Gasteiger partial charge in [-0.05, 0) is 24.5 Å². The summed E-state index contributed by atoms with van der Waals surface area (Å²) < 4.78 is 0. The molecule has 1 atom stereocenters. The first kappa shape index (κ1) is 12.2. The number of aryl methyl sites for hydroxylation is 1. The molecule has 82 valence electrons. The Labute approximate surface area is 99.2 Å². The lowest BCUT2D eigenvalue weighted by Gasteiger charge is -2.11. The first-order chi connectivity index (χ1) is 7.19. The third-order valence-corrected chi connectivity index (χ3v) is 3.36. The van der Waals surface area contributed by atoms with Crippen molar-refractivity contribution in [3.05, 3.63) is 29.8 Å². The van der Waals surface area contributed by atoms with Gasteiger partial charge in [-0.3, -0.25) is 4.79 Å². The highest BCUT2D eigenvalue weighted by Gasteiger charge is 2.13. The molecule has 0 aliphatic carbocycles. The van der Waals surface area contributed by atoms with Crippen LogP contribution < -0.4 is 5.32 Å². The molecule has 0 saturated carbocycles. The molecule has 0 saturated heterocycles. The maximum absolute atomic E-state index is 11.7. The summed E-state index contributed by atoms with van der Waals surface area (Å²) in [5.74, 6) is 0.0263. The predicted molar refractivity (Wildman–Crippen MR) is 67.5 cm³/mol. The van der Waals surface area contributed by atoms with Gasteiger partial charge in [0.25, 0.3) is 0 Å². The average Bonchev–Trinajstić information content (AvgIpc) is 2.28. The predicted octanol–water partition coefficient (Wildman–Crippen LogP) is 3.36. The van der Waals surface area contributed by atoms with Crippen molar-refractivity contribution >= 4 is 27.5 Å². The van der Waals surface area contributed by atoms with E-state index in [1.54, 1.807) is 0 Å². The van der Waals surface area contributed by atoms with Crippen molar-refractivity contribution < 1.29 is 4.79 Å². The Hall–Kier alpha value is -0.830. The number of halogens is 1. The zero-order valence-corrected chi connectivity index (χ0v) is 10.7. The van der Waals surface area contributed by atoms with Crippen LogP contribution in [0, 0.1) is 0 Å². The van der Waals surface area contributed by atoms with E-state index in [-0.39, 0.29) is 10.7 Å². The molecule has 1 aromatic carbocycles. The maximum Gasteiger partial charge on any atom is 0.238 e. The van der Waals surface area contributed by atoms with Crippen LogP contribution in [0.25, 0.3) is 0 Å². The van der Waals surface area contributed by atoms with E-state index in [0.29, 0.717) is 0 Å². The number of carbonyl (C=O) groups excluding carboxylic acids is 1. The minimum atomic E-state index is -0.109. The van der Waals surface area contributed by atoms with Gasteiger partial charge in [-0.1, -0.05) is 48.0 Å². The molecule has 0 heterocycles. The van der Waals surface area contributed by atoms with Crippen molar-refractivity contribution in [3.63, 3.8) is 0 Å². The lowest BCUT2D eigenvalue weighted by atomic mass is 10.1. The SMILES string of the molecule is CCc1ccccc1NC(=O)C(Br)CC. The fourth-order valence-corrected chi connectivity index (χ4v) is 1.46. The highest BCUT2D eigenvalue weighted by Crippen LogP contribution is 2.17. The molecule has 0 bridgehead atoms. The zero-order chi connectivity index (χ0) is 11.3. The molecule has 0 aliphatic rings. The Bertz CT molecular complexity index is 338. The normalized spacial score (nSPS) is 12.2. The highest BCUT2D eigenvalue weighted by molar-refractivity contribution is 9.10. The van der Waals surface area contributed by atoms with Crippen molar-refractivity contribution in [3.8, 4) is 0 Å². The van der Waals surface area contributed by atoms with E-state index < -0.39 is 0 Å². The van der Waals surface area contributed by atoms with E-state index in [0.717, 1.165) is 18.5 Å². The monoisotopic (exact) mass is 269 g/mol. The number of para-hydroxylation sites is 1. The number of rotatable bonds is 4. The molecule has 1 amide bonds. The van der Waals surface area contributed by atoms with Crippen LogP contribution in [0.4, 0.5) is 5.69 Å². The summed E-state index contributed by atoms with van der Waals surface area (Å²) in [6, 6.07) is 7.89. The summed E-state index contributed by atoms with van der Waals surface area (Å²) in [5, 5.41) is 2.93. The Morgan fingerprint density at radius 2 is 2.07 bits per heavy atom. The molecule has 1 rings (SSSR count).